The maximum atomic E-state index is 9.10. The molecule has 1 aliphatic rings. The van der Waals surface area contributed by atoms with Crippen LogP contribution in [0.2, 0.25) is 0 Å². The van der Waals surface area contributed by atoms with Crippen molar-refractivity contribution in [1.29, 1.82) is 0 Å². The first-order valence-electron chi connectivity index (χ1n) is 3.52. The third-order valence-electron chi connectivity index (χ3n) is 1.80. The van der Waals surface area contributed by atoms with E-state index in [0.29, 0.717) is 0 Å². The number of hydrogen-bond donors (Lipinski definition) is 4. The molecule has 0 aromatic rings. The first-order valence-corrected chi connectivity index (χ1v) is 3.52. The average Bonchev–Trinajstić information content (AvgIpc) is 2.07. The lowest BCUT2D eigenvalue weighted by atomic mass is 10.1. The summed E-state index contributed by atoms with van der Waals surface area (Å²) in [6.07, 6.45) is -1.46. The van der Waals surface area contributed by atoms with Crippen molar-refractivity contribution >= 4 is 0 Å². The van der Waals surface area contributed by atoms with Gasteiger partial charge in [-0.3, -0.25) is 0 Å². The molecule has 1 aliphatic carbocycles. The number of aliphatic hydroxyl groups is 4. The topological polar surface area (TPSA) is 80.9 Å². The summed E-state index contributed by atoms with van der Waals surface area (Å²) in [6, 6.07) is 0. The van der Waals surface area contributed by atoms with Gasteiger partial charge < -0.3 is 20.4 Å². The average molecular weight is 160 g/mol. The molecule has 0 radical (unpaired) electrons. The van der Waals surface area contributed by atoms with Gasteiger partial charge in [0.1, 0.15) is 18.3 Å². The molecule has 0 aliphatic heterocycles. The smallest absolute Gasteiger partial charge is 0.112 e. The van der Waals surface area contributed by atoms with Crippen molar-refractivity contribution in [2.75, 3.05) is 0 Å². The van der Waals surface area contributed by atoms with Crippen molar-refractivity contribution in [3.8, 4) is 0 Å². The Balaban J connectivity index is 2.68. The van der Waals surface area contributed by atoms with Gasteiger partial charge in [-0.25, -0.2) is 0 Å². The molecule has 0 bridgehead atoms. The lowest BCUT2D eigenvalue weighted by molar-refractivity contribution is -0.0880. The highest BCUT2D eigenvalue weighted by Gasteiger charge is 2.30. The predicted octanol–water partition coefficient (Wildman–Crippen LogP) is -1.61. The molecule has 64 valence electrons. The Labute approximate surface area is 64.4 Å². The van der Waals surface area contributed by atoms with Crippen LogP contribution in [-0.4, -0.2) is 44.8 Å². The first kappa shape index (κ1) is 8.67. The van der Waals surface area contributed by atoms with Crippen molar-refractivity contribution < 1.29 is 20.4 Å². The Morgan fingerprint density at radius 1 is 1.00 bits per heavy atom. The Morgan fingerprint density at radius 2 is 1.64 bits per heavy atom. The molecule has 4 N–H and O–H groups in total. The van der Waals surface area contributed by atoms with Crippen molar-refractivity contribution in [2.24, 2.45) is 0 Å². The van der Waals surface area contributed by atoms with Gasteiger partial charge in [0.25, 0.3) is 0 Å². The van der Waals surface area contributed by atoms with Crippen LogP contribution in [0.4, 0.5) is 0 Å². The van der Waals surface area contributed by atoms with Crippen LogP contribution < -0.4 is 0 Å². The molecule has 1 rings (SSSR count). The molecule has 0 aromatic carbocycles. The monoisotopic (exact) mass is 160 g/mol. The molecule has 4 nitrogen and oxygen atoms in total. The SMILES string of the molecule is OC1C=CCC(O)C(O)C1O. The van der Waals surface area contributed by atoms with Crippen LogP contribution in [0.5, 0.6) is 0 Å². The second-order valence-corrected chi connectivity index (χ2v) is 2.70. The lowest BCUT2D eigenvalue weighted by Crippen LogP contribution is -2.42. The van der Waals surface area contributed by atoms with E-state index in [2.05, 4.69) is 0 Å². The molecule has 0 saturated carbocycles. The molecule has 0 heterocycles. The van der Waals surface area contributed by atoms with Crippen LogP contribution in [0.1, 0.15) is 6.42 Å². The second kappa shape index (κ2) is 3.32. The summed E-state index contributed by atoms with van der Waals surface area (Å²) >= 11 is 0. The van der Waals surface area contributed by atoms with Crippen LogP contribution in [0, 0.1) is 0 Å². The summed E-state index contributed by atoms with van der Waals surface area (Å²) in [7, 11) is 0. The van der Waals surface area contributed by atoms with Gasteiger partial charge >= 0.3 is 0 Å². The van der Waals surface area contributed by atoms with Gasteiger partial charge in [-0.05, 0) is 6.42 Å². The summed E-state index contributed by atoms with van der Waals surface area (Å²) in [5.74, 6) is 0. The maximum Gasteiger partial charge on any atom is 0.112 e. The minimum atomic E-state index is -1.29. The highest BCUT2D eigenvalue weighted by Crippen LogP contribution is 2.13. The zero-order chi connectivity index (χ0) is 8.43. The molecule has 0 spiro atoms. The fourth-order valence-corrected chi connectivity index (χ4v) is 1.04. The Kier molecular flexibility index (Phi) is 2.62. The summed E-state index contributed by atoms with van der Waals surface area (Å²) in [4.78, 5) is 0. The van der Waals surface area contributed by atoms with Crippen LogP contribution in [0.15, 0.2) is 12.2 Å². The van der Waals surface area contributed by atoms with E-state index in [1.165, 1.54) is 12.2 Å². The largest absolute Gasteiger partial charge is 0.390 e. The fraction of sp³-hybridized carbons (Fsp3) is 0.714. The Bertz CT molecular complexity index is 157. The highest BCUT2D eigenvalue weighted by atomic mass is 16.4. The number of aliphatic hydroxyl groups excluding tert-OH is 4. The maximum absolute atomic E-state index is 9.10. The van der Waals surface area contributed by atoms with Gasteiger partial charge in [0, 0.05) is 0 Å². The minimum absolute atomic E-state index is 0.259. The van der Waals surface area contributed by atoms with E-state index in [1.807, 2.05) is 0 Å². The lowest BCUT2D eigenvalue weighted by Gasteiger charge is -2.21. The van der Waals surface area contributed by atoms with Crippen molar-refractivity contribution in [1.82, 2.24) is 0 Å². The third kappa shape index (κ3) is 1.78. The molecular formula is C7H12O4. The van der Waals surface area contributed by atoms with Crippen molar-refractivity contribution in [3.05, 3.63) is 12.2 Å². The molecule has 0 aromatic heterocycles. The molecule has 0 fully saturated rings. The van der Waals surface area contributed by atoms with E-state index in [4.69, 9.17) is 20.4 Å². The van der Waals surface area contributed by atoms with Gasteiger partial charge in [-0.15, -0.1) is 0 Å². The normalized spacial score (nSPS) is 45.5. The number of hydrogen-bond acceptors (Lipinski definition) is 4. The molecule has 0 saturated heterocycles. The molecule has 4 unspecified atom stereocenters. The van der Waals surface area contributed by atoms with Gasteiger partial charge in [0.2, 0.25) is 0 Å². The van der Waals surface area contributed by atoms with E-state index < -0.39 is 24.4 Å². The predicted molar refractivity (Wildman–Crippen MR) is 37.8 cm³/mol. The Morgan fingerprint density at radius 3 is 2.27 bits per heavy atom. The standard InChI is InChI=1S/C7H12O4/c8-4-2-1-3-5(9)7(11)6(4)10/h1-2,4-11H,3H2. The van der Waals surface area contributed by atoms with Crippen LogP contribution in [0.25, 0.3) is 0 Å². The minimum Gasteiger partial charge on any atom is -0.390 e. The highest BCUT2D eigenvalue weighted by molar-refractivity contribution is 5.01. The van der Waals surface area contributed by atoms with E-state index in [1.54, 1.807) is 0 Å². The zero-order valence-corrected chi connectivity index (χ0v) is 5.96. The van der Waals surface area contributed by atoms with Crippen LogP contribution in [0.3, 0.4) is 0 Å². The Hall–Kier alpha value is -0.420. The fourth-order valence-electron chi connectivity index (χ4n) is 1.04. The summed E-state index contributed by atoms with van der Waals surface area (Å²) in [5, 5.41) is 36.3. The second-order valence-electron chi connectivity index (χ2n) is 2.70. The quantitative estimate of drug-likeness (QED) is 0.321. The van der Waals surface area contributed by atoms with Gasteiger partial charge in [-0.2, -0.15) is 0 Å². The van der Waals surface area contributed by atoms with E-state index >= 15 is 0 Å². The summed E-state index contributed by atoms with van der Waals surface area (Å²) in [6.45, 7) is 0. The molecular weight excluding hydrogens is 148 g/mol. The molecule has 4 atom stereocenters. The van der Waals surface area contributed by atoms with Gasteiger partial charge in [0.15, 0.2) is 0 Å². The molecule has 0 amide bonds. The third-order valence-corrected chi connectivity index (χ3v) is 1.80. The summed E-state index contributed by atoms with van der Waals surface area (Å²) in [5.41, 5.74) is 0. The summed E-state index contributed by atoms with van der Waals surface area (Å²) < 4.78 is 0. The van der Waals surface area contributed by atoms with Gasteiger partial charge in [-0.1, -0.05) is 12.2 Å². The van der Waals surface area contributed by atoms with Gasteiger partial charge in [0.05, 0.1) is 6.10 Å². The number of rotatable bonds is 0. The van der Waals surface area contributed by atoms with E-state index in [0.717, 1.165) is 0 Å². The van der Waals surface area contributed by atoms with E-state index in [9.17, 15) is 0 Å². The van der Waals surface area contributed by atoms with Crippen molar-refractivity contribution in [3.63, 3.8) is 0 Å². The first-order chi connectivity index (χ1) is 5.13. The van der Waals surface area contributed by atoms with Crippen LogP contribution in [-0.2, 0) is 0 Å². The van der Waals surface area contributed by atoms with Crippen LogP contribution >= 0.6 is 0 Å². The molecule has 11 heavy (non-hydrogen) atoms. The van der Waals surface area contributed by atoms with E-state index in [-0.39, 0.29) is 6.42 Å². The molecule has 4 heteroatoms. The van der Waals surface area contributed by atoms with Crippen molar-refractivity contribution in [2.45, 2.75) is 30.8 Å². The zero-order valence-electron chi connectivity index (χ0n) is 5.96.